The van der Waals surface area contributed by atoms with Crippen LogP contribution in [0.25, 0.3) is 0 Å². The van der Waals surface area contributed by atoms with Gasteiger partial charge in [-0.1, -0.05) is 29.8 Å². The van der Waals surface area contributed by atoms with Crippen molar-refractivity contribution in [2.45, 2.75) is 25.4 Å². The van der Waals surface area contributed by atoms with Crippen molar-refractivity contribution in [3.05, 3.63) is 64.4 Å². The summed E-state index contributed by atoms with van der Waals surface area (Å²) in [5.41, 5.74) is 0.594. The summed E-state index contributed by atoms with van der Waals surface area (Å²) in [6.07, 6.45) is -0.200. The molecule has 2 aromatic rings. The maximum absolute atomic E-state index is 12.9. The van der Waals surface area contributed by atoms with Crippen LogP contribution in [0.3, 0.4) is 0 Å². The molecule has 30 heavy (non-hydrogen) atoms. The fraction of sp³-hybridized carbons (Fsp3) is 0.455. The number of alkyl halides is 3. The van der Waals surface area contributed by atoms with Gasteiger partial charge in [0.2, 0.25) is 0 Å². The maximum Gasteiger partial charge on any atom is 0.416 e. The summed E-state index contributed by atoms with van der Waals surface area (Å²) in [7, 11) is 1.78. The summed E-state index contributed by atoms with van der Waals surface area (Å²) in [6.45, 7) is 3.08. The Hall–Kier alpha value is -2.12. The van der Waals surface area contributed by atoms with E-state index < -0.39 is 11.7 Å². The Morgan fingerprint density at radius 1 is 1.30 bits per heavy atom. The highest BCUT2D eigenvalue weighted by atomic mass is 35.5. The molecular formula is C22H25ClF3N3O. The number of piperidine rings is 1. The van der Waals surface area contributed by atoms with Crippen molar-refractivity contribution in [3.63, 3.8) is 0 Å². The summed E-state index contributed by atoms with van der Waals surface area (Å²) < 4.78 is 38.7. The molecule has 8 heteroatoms. The average molecular weight is 440 g/mol. The van der Waals surface area contributed by atoms with Crippen LogP contribution >= 0.6 is 11.6 Å². The maximum atomic E-state index is 12.9. The van der Waals surface area contributed by atoms with Gasteiger partial charge in [0.05, 0.1) is 5.56 Å². The second-order valence-electron chi connectivity index (χ2n) is 7.81. The first-order chi connectivity index (χ1) is 14.2. The Kier molecular flexibility index (Phi) is 7.36. The predicted molar refractivity (Wildman–Crippen MR) is 111 cm³/mol. The van der Waals surface area contributed by atoms with Crippen LogP contribution in [0.1, 0.15) is 34.3 Å². The van der Waals surface area contributed by atoms with Gasteiger partial charge in [0, 0.05) is 38.4 Å². The highest BCUT2D eigenvalue weighted by Gasteiger charge is 2.30. The van der Waals surface area contributed by atoms with Crippen LogP contribution in [-0.2, 0) is 12.6 Å². The molecule has 1 atom stereocenters. The molecule has 0 N–H and O–H groups in total. The second-order valence-corrected chi connectivity index (χ2v) is 8.20. The number of hydrogen-bond acceptors (Lipinski definition) is 3. The third-order valence-corrected chi connectivity index (χ3v) is 5.63. The van der Waals surface area contributed by atoms with Gasteiger partial charge >= 0.3 is 6.18 Å². The van der Waals surface area contributed by atoms with E-state index in [1.807, 2.05) is 0 Å². The molecule has 1 saturated heterocycles. The average Bonchev–Trinajstić information content (AvgIpc) is 2.71. The lowest BCUT2D eigenvalue weighted by Gasteiger charge is -2.34. The minimum atomic E-state index is -4.32. The molecule has 0 radical (unpaired) electrons. The first kappa shape index (κ1) is 22.6. The van der Waals surface area contributed by atoms with Crippen LogP contribution in [0.2, 0.25) is 5.15 Å². The zero-order valence-electron chi connectivity index (χ0n) is 16.8. The Labute approximate surface area is 179 Å². The third kappa shape index (κ3) is 6.19. The topological polar surface area (TPSA) is 36.4 Å². The third-order valence-electron chi connectivity index (χ3n) is 5.43. The van der Waals surface area contributed by atoms with Gasteiger partial charge in [-0.05, 0) is 55.5 Å². The van der Waals surface area contributed by atoms with Crippen LogP contribution in [0.5, 0.6) is 0 Å². The number of rotatable bonds is 6. The monoisotopic (exact) mass is 439 g/mol. The number of carbonyl (C=O) groups is 1. The molecule has 1 amide bonds. The lowest BCUT2D eigenvalue weighted by Crippen LogP contribution is -2.42. The van der Waals surface area contributed by atoms with Crippen molar-refractivity contribution in [2.75, 3.05) is 33.2 Å². The van der Waals surface area contributed by atoms with E-state index in [2.05, 4.69) is 9.88 Å². The standard InChI is InChI=1S/C22H25ClF3N3O/c1-28(21(30)18-7-9-27-20(23)13-18)14-17-5-3-10-29(15-17)11-8-16-4-2-6-19(12-16)22(24,25)26/h2,4,6-7,9,12-13,17H,3,5,8,10-11,14-15H2,1H3/t17-/m0/s1. The van der Waals surface area contributed by atoms with Gasteiger partial charge in [0.15, 0.2) is 0 Å². The van der Waals surface area contributed by atoms with Gasteiger partial charge in [-0.3, -0.25) is 4.79 Å². The van der Waals surface area contributed by atoms with Gasteiger partial charge in [0.25, 0.3) is 5.91 Å². The van der Waals surface area contributed by atoms with E-state index in [0.29, 0.717) is 36.6 Å². The number of halogens is 4. The quantitative estimate of drug-likeness (QED) is 0.608. The Balaban J connectivity index is 1.52. The van der Waals surface area contributed by atoms with E-state index in [-0.39, 0.29) is 11.1 Å². The lowest BCUT2D eigenvalue weighted by molar-refractivity contribution is -0.137. The van der Waals surface area contributed by atoms with Crippen molar-refractivity contribution in [1.82, 2.24) is 14.8 Å². The van der Waals surface area contributed by atoms with Crippen molar-refractivity contribution in [2.24, 2.45) is 5.92 Å². The van der Waals surface area contributed by atoms with E-state index in [1.165, 1.54) is 18.3 Å². The van der Waals surface area contributed by atoms with Crippen molar-refractivity contribution in [1.29, 1.82) is 0 Å². The first-order valence-corrected chi connectivity index (χ1v) is 10.4. The Bertz CT molecular complexity index is 875. The largest absolute Gasteiger partial charge is 0.416 e. The highest BCUT2D eigenvalue weighted by molar-refractivity contribution is 6.29. The van der Waals surface area contributed by atoms with Crippen LogP contribution in [0.4, 0.5) is 13.2 Å². The summed E-state index contributed by atoms with van der Waals surface area (Å²) in [5.74, 6) is 0.229. The highest BCUT2D eigenvalue weighted by Crippen LogP contribution is 2.29. The SMILES string of the molecule is CN(C[C@@H]1CCCN(CCc2cccc(C(F)(F)F)c2)C1)C(=O)c1ccnc(Cl)c1. The summed E-state index contributed by atoms with van der Waals surface area (Å²) in [4.78, 5) is 20.5. The number of pyridine rings is 1. The summed E-state index contributed by atoms with van der Waals surface area (Å²) >= 11 is 5.87. The number of amides is 1. The smallest absolute Gasteiger partial charge is 0.341 e. The summed E-state index contributed by atoms with van der Waals surface area (Å²) in [6, 6.07) is 8.73. The number of likely N-dealkylation sites (tertiary alicyclic amines) is 1. The van der Waals surface area contributed by atoms with E-state index in [1.54, 1.807) is 30.1 Å². The molecular weight excluding hydrogens is 415 g/mol. The first-order valence-electron chi connectivity index (χ1n) is 9.98. The number of aromatic nitrogens is 1. The number of benzene rings is 1. The molecule has 0 unspecified atom stereocenters. The molecule has 1 fully saturated rings. The molecule has 1 aromatic carbocycles. The molecule has 1 aliphatic heterocycles. The van der Waals surface area contributed by atoms with Crippen LogP contribution in [-0.4, -0.2) is 53.9 Å². The zero-order chi connectivity index (χ0) is 21.7. The molecule has 0 spiro atoms. The molecule has 4 nitrogen and oxygen atoms in total. The van der Waals surface area contributed by atoms with Crippen molar-refractivity contribution >= 4 is 17.5 Å². The van der Waals surface area contributed by atoms with Crippen LogP contribution in [0.15, 0.2) is 42.6 Å². The molecule has 2 heterocycles. The van der Waals surface area contributed by atoms with Gasteiger partial charge < -0.3 is 9.80 Å². The second kappa shape index (κ2) is 9.79. The van der Waals surface area contributed by atoms with Crippen molar-refractivity contribution in [3.8, 4) is 0 Å². The van der Waals surface area contributed by atoms with Gasteiger partial charge in [-0.2, -0.15) is 13.2 Å². The minimum absolute atomic E-state index is 0.0969. The molecule has 1 aromatic heterocycles. The molecule has 3 rings (SSSR count). The van der Waals surface area contributed by atoms with Crippen LogP contribution < -0.4 is 0 Å². The fourth-order valence-electron chi connectivity index (χ4n) is 3.92. The molecule has 0 saturated carbocycles. The zero-order valence-corrected chi connectivity index (χ0v) is 17.6. The number of carbonyl (C=O) groups excluding carboxylic acids is 1. The number of hydrogen-bond donors (Lipinski definition) is 0. The Morgan fingerprint density at radius 3 is 2.83 bits per heavy atom. The molecule has 0 bridgehead atoms. The van der Waals surface area contributed by atoms with E-state index in [4.69, 9.17) is 11.6 Å². The normalized spacial score (nSPS) is 17.7. The fourth-order valence-corrected chi connectivity index (χ4v) is 4.09. The van der Waals surface area contributed by atoms with E-state index >= 15 is 0 Å². The van der Waals surface area contributed by atoms with Gasteiger partial charge in [0.1, 0.15) is 5.15 Å². The molecule has 0 aliphatic carbocycles. The lowest BCUT2D eigenvalue weighted by atomic mass is 9.96. The van der Waals surface area contributed by atoms with Gasteiger partial charge in [-0.25, -0.2) is 4.98 Å². The van der Waals surface area contributed by atoms with E-state index in [0.717, 1.165) is 32.0 Å². The minimum Gasteiger partial charge on any atom is -0.341 e. The number of nitrogens with zero attached hydrogens (tertiary/aromatic N) is 3. The Morgan fingerprint density at radius 2 is 2.10 bits per heavy atom. The van der Waals surface area contributed by atoms with Gasteiger partial charge in [-0.15, -0.1) is 0 Å². The summed E-state index contributed by atoms with van der Waals surface area (Å²) in [5, 5.41) is 0.285. The van der Waals surface area contributed by atoms with Crippen LogP contribution in [0, 0.1) is 5.92 Å². The molecule has 162 valence electrons. The van der Waals surface area contributed by atoms with Crippen molar-refractivity contribution < 1.29 is 18.0 Å². The predicted octanol–water partition coefficient (Wildman–Crippen LogP) is 4.78. The molecule has 1 aliphatic rings. The van der Waals surface area contributed by atoms with E-state index in [9.17, 15) is 18.0 Å².